The van der Waals surface area contributed by atoms with Gasteiger partial charge in [-0.2, -0.15) is 0 Å². The second-order valence-electron chi connectivity index (χ2n) is 6.47. The van der Waals surface area contributed by atoms with Crippen molar-refractivity contribution in [2.75, 3.05) is 13.2 Å². The number of carbonyl (C=O) groups is 1. The molecule has 1 unspecified atom stereocenters. The summed E-state index contributed by atoms with van der Waals surface area (Å²) in [5, 5.41) is 0. The van der Waals surface area contributed by atoms with E-state index >= 15 is 0 Å². The maximum atomic E-state index is 13.5. The van der Waals surface area contributed by atoms with Gasteiger partial charge in [-0.3, -0.25) is 4.79 Å². The SMILES string of the molecule is C=C(C)[C@H]1c2ccccc2CCN1C(=O)[C@H]1CC(N)[C@H](F)CO1. The Balaban J connectivity index is 1.84. The third kappa shape index (κ3) is 3.03. The molecule has 0 radical (unpaired) electrons. The molecule has 4 nitrogen and oxygen atoms in total. The standard InChI is InChI=1S/C18H23FN2O2/c1-11(2)17-13-6-4-3-5-12(13)7-8-21(17)18(22)16-9-15(20)14(19)10-23-16/h3-6,14-17H,1,7-10,20H2,2H3/t14-,15?,16-,17+/m1/s1. The molecule has 2 aliphatic rings. The van der Waals surface area contributed by atoms with Crippen LogP contribution < -0.4 is 5.73 Å². The summed E-state index contributed by atoms with van der Waals surface area (Å²) in [6.07, 6.45) is -0.834. The topological polar surface area (TPSA) is 55.6 Å². The fourth-order valence-corrected chi connectivity index (χ4v) is 3.49. The Morgan fingerprint density at radius 2 is 2.17 bits per heavy atom. The Kier molecular flexibility index (Phi) is 4.50. The molecule has 5 heteroatoms. The Hall–Kier alpha value is -1.72. The maximum Gasteiger partial charge on any atom is 0.252 e. The summed E-state index contributed by atoms with van der Waals surface area (Å²) in [6, 6.07) is 7.32. The van der Waals surface area contributed by atoms with Gasteiger partial charge >= 0.3 is 0 Å². The predicted molar refractivity (Wildman–Crippen MR) is 86.6 cm³/mol. The van der Waals surface area contributed by atoms with E-state index < -0.39 is 18.3 Å². The molecule has 1 amide bonds. The minimum Gasteiger partial charge on any atom is -0.365 e. The maximum absolute atomic E-state index is 13.5. The smallest absolute Gasteiger partial charge is 0.252 e. The lowest BCUT2D eigenvalue weighted by Crippen LogP contribution is -2.52. The van der Waals surface area contributed by atoms with E-state index in [-0.39, 0.29) is 25.0 Å². The lowest BCUT2D eigenvalue weighted by Gasteiger charge is -2.41. The van der Waals surface area contributed by atoms with E-state index in [1.54, 1.807) is 4.90 Å². The number of rotatable bonds is 2. The molecule has 0 spiro atoms. The van der Waals surface area contributed by atoms with Gasteiger partial charge in [0.05, 0.1) is 12.6 Å². The first-order chi connectivity index (χ1) is 11.0. The number of carbonyl (C=O) groups excluding carboxylic acids is 1. The third-order valence-corrected chi connectivity index (χ3v) is 4.72. The molecule has 0 bridgehead atoms. The van der Waals surface area contributed by atoms with E-state index in [2.05, 4.69) is 12.6 Å². The van der Waals surface area contributed by atoms with Crippen LogP contribution in [-0.2, 0) is 16.0 Å². The Bertz CT molecular complexity index is 619. The Labute approximate surface area is 136 Å². The Morgan fingerprint density at radius 3 is 2.87 bits per heavy atom. The van der Waals surface area contributed by atoms with Crippen LogP contribution in [0, 0.1) is 0 Å². The van der Waals surface area contributed by atoms with Crippen molar-refractivity contribution >= 4 is 5.91 Å². The highest BCUT2D eigenvalue weighted by molar-refractivity contribution is 5.82. The number of hydrogen-bond donors (Lipinski definition) is 1. The summed E-state index contributed by atoms with van der Waals surface area (Å²) >= 11 is 0. The lowest BCUT2D eigenvalue weighted by molar-refractivity contribution is -0.152. The first kappa shape index (κ1) is 16.1. The van der Waals surface area contributed by atoms with Crippen LogP contribution in [0.4, 0.5) is 4.39 Å². The highest BCUT2D eigenvalue weighted by Crippen LogP contribution is 2.35. The molecule has 124 valence electrons. The molecule has 0 aromatic heterocycles. The van der Waals surface area contributed by atoms with E-state index in [0.717, 1.165) is 17.6 Å². The third-order valence-electron chi connectivity index (χ3n) is 4.72. The number of amides is 1. The largest absolute Gasteiger partial charge is 0.365 e. The highest BCUT2D eigenvalue weighted by atomic mass is 19.1. The number of hydrogen-bond acceptors (Lipinski definition) is 3. The molecule has 1 fully saturated rings. The zero-order valence-corrected chi connectivity index (χ0v) is 13.4. The van der Waals surface area contributed by atoms with E-state index in [9.17, 15) is 9.18 Å². The van der Waals surface area contributed by atoms with Gasteiger partial charge in [0, 0.05) is 19.0 Å². The molecule has 4 atom stereocenters. The van der Waals surface area contributed by atoms with Crippen molar-refractivity contribution in [1.29, 1.82) is 0 Å². The van der Waals surface area contributed by atoms with Crippen LogP contribution >= 0.6 is 0 Å². The van der Waals surface area contributed by atoms with Crippen LogP contribution in [0.1, 0.15) is 30.5 Å². The first-order valence-corrected chi connectivity index (χ1v) is 8.04. The highest BCUT2D eigenvalue weighted by Gasteiger charge is 2.39. The summed E-state index contributed by atoms with van der Waals surface area (Å²) < 4.78 is 18.9. The van der Waals surface area contributed by atoms with E-state index in [1.165, 1.54) is 5.56 Å². The minimum atomic E-state index is -1.20. The van der Waals surface area contributed by atoms with Crippen molar-refractivity contribution in [1.82, 2.24) is 4.90 Å². The number of nitrogens with two attached hydrogens (primary N) is 1. The predicted octanol–water partition coefficient (Wildman–Crippen LogP) is 2.14. The second-order valence-corrected chi connectivity index (χ2v) is 6.47. The van der Waals surface area contributed by atoms with Gasteiger partial charge in [-0.25, -0.2) is 4.39 Å². The number of benzene rings is 1. The number of alkyl halides is 1. The van der Waals surface area contributed by atoms with Gasteiger partial charge in [0.1, 0.15) is 12.3 Å². The van der Waals surface area contributed by atoms with Crippen LogP contribution in [-0.4, -0.2) is 42.3 Å². The van der Waals surface area contributed by atoms with Crippen LogP contribution in [0.5, 0.6) is 0 Å². The molecular weight excluding hydrogens is 295 g/mol. The van der Waals surface area contributed by atoms with E-state index in [4.69, 9.17) is 10.5 Å². The summed E-state index contributed by atoms with van der Waals surface area (Å²) in [4.78, 5) is 14.7. The molecule has 0 aliphatic carbocycles. The molecule has 3 rings (SSSR count). The molecule has 2 heterocycles. The van der Waals surface area contributed by atoms with Gasteiger partial charge in [-0.1, -0.05) is 36.4 Å². The van der Waals surface area contributed by atoms with Crippen LogP contribution in [0.15, 0.2) is 36.4 Å². The normalized spacial score (nSPS) is 30.7. The zero-order valence-electron chi connectivity index (χ0n) is 13.4. The second kappa shape index (κ2) is 6.42. The van der Waals surface area contributed by atoms with Gasteiger partial charge in [-0.15, -0.1) is 0 Å². The van der Waals surface area contributed by atoms with Gasteiger partial charge in [0.2, 0.25) is 0 Å². The van der Waals surface area contributed by atoms with Crippen LogP contribution in [0.25, 0.3) is 0 Å². The van der Waals surface area contributed by atoms with E-state index in [0.29, 0.717) is 6.54 Å². The summed E-state index contributed by atoms with van der Waals surface area (Å²) in [7, 11) is 0. The average molecular weight is 318 g/mol. The van der Waals surface area contributed by atoms with Crippen molar-refractivity contribution in [3.05, 3.63) is 47.5 Å². The molecule has 23 heavy (non-hydrogen) atoms. The number of fused-ring (bicyclic) bond motifs is 1. The summed E-state index contributed by atoms with van der Waals surface area (Å²) in [5.74, 6) is -0.116. The number of halogens is 1. The summed E-state index contributed by atoms with van der Waals surface area (Å²) in [6.45, 7) is 6.49. The van der Waals surface area contributed by atoms with Gasteiger partial charge in [0.25, 0.3) is 5.91 Å². The fourth-order valence-electron chi connectivity index (χ4n) is 3.49. The number of ether oxygens (including phenoxy) is 1. The van der Waals surface area contributed by atoms with Crippen molar-refractivity contribution in [3.63, 3.8) is 0 Å². The van der Waals surface area contributed by atoms with Crippen molar-refractivity contribution in [2.24, 2.45) is 5.73 Å². The van der Waals surface area contributed by atoms with Gasteiger partial charge in [-0.05, 0) is 24.5 Å². The van der Waals surface area contributed by atoms with Gasteiger partial charge < -0.3 is 15.4 Å². The molecule has 2 aliphatic heterocycles. The van der Waals surface area contributed by atoms with Crippen molar-refractivity contribution in [2.45, 2.75) is 44.1 Å². The number of nitrogens with zero attached hydrogens (tertiary/aromatic N) is 1. The lowest BCUT2D eigenvalue weighted by atomic mass is 9.88. The molecule has 1 saturated heterocycles. The molecular formula is C18H23FN2O2. The fraction of sp³-hybridized carbons (Fsp3) is 0.500. The van der Waals surface area contributed by atoms with Crippen LogP contribution in [0.3, 0.4) is 0 Å². The van der Waals surface area contributed by atoms with Gasteiger partial charge in [0.15, 0.2) is 0 Å². The Morgan fingerprint density at radius 1 is 1.43 bits per heavy atom. The minimum absolute atomic E-state index is 0.111. The van der Waals surface area contributed by atoms with Crippen molar-refractivity contribution < 1.29 is 13.9 Å². The zero-order chi connectivity index (χ0) is 16.6. The summed E-state index contributed by atoms with van der Waals surface area (Å²) in [5.41, 5.74) is 9.03. The molecule has 1 aromatic carbocycles. The average Bonchev–Trinajstić information content (AvgIpc) is 2.55. The molecule has 0 saturated carbocycles. The van der Waals surface area contributed by atoms with E-state index in [1.807, 2.05) is 25.1 Å². The quantitative estimate of drug-likeness (QED) is 0.850. The molecule has 1 aromatic rings. The van der Waals surface area contributed by atoms with Crippen molar-refractivity contribution in [3.8, 4) is 0 Å². The van der Waals surface area contributed by atoms with Crippen LogP contribution in [0.2, 0.25) is 0 Å². The molecule has 2 N–H and O–H groups in total. The monoisotopic (exact) mass is 318 g/mol. The first-order valence-electron chi connectivity index (χ1n) is 8.04.